The van der Waals surface area contributed by atoms with Gasteiger partial charge in [-0.1, -0.05) is 0 Å². The first kappa shape index (κ1) is 16.8. The Kier molecular flexibility index (Phi) is 5.80. The molecule has 20 heavy (non-hydrogen) atoms. The van der Waals surface area contributed by atoms with Crippen molar-refractivity contribution in [2.24, 2.45) is 5.92 Å². The summed E-state index contributed by atoms with van der Waals surface area (Å²) in [5, 5.41) is 8.75. The van der Waals surface area contributed by atoms with Crippen LogP contribution in [-0.2, 0) is 9.53 Å². The highest BCUT2D eigenvalue weighted by Gasteiger charge is 2.28. The summed E-state index contributed by atoms with van der Waals surface area (Å²) >= 11 is 0. The highest BCUT2D eigenvalue weighted by Crippen LogP contribution is 2.19. The van der Waals surface area contributed by atoms with E-state index in [0.29, 0.717) is 25.6 Å². The van der Waals surface area contributed by atoms with Gasteiger partial charge in [-0.3, -0.25) is 9.69 Å². The van der Waals surface area contributed by atoms with Gasteiger partial charge in [-0.05, 0) is 46.6 Å². The minimum absolute atomic E-state index is 0.0307. The molecule has 1 heterocycles. The van der Waals surface area contributed by atoms with Gasteiger partial charge in [0, 0.05) is 19.6 Å². The fourth-order valence-electron chi connectivity index (χ4n) is 2.44. The van der Waals surface area contributed by atoms with Crippen molar-refractivity contribution in [2.45, 2.75) is 39.2 Å². The van der Waals surface area contributed by atoms with Gasteiger partial charge in [0.15, 0.2) is 0 Å². The van der Waals surface area contributed by atoms with Crippen LogP contribution in [0.3, 0.4) is 0 Å². The summed E-state index contributed by atoms with van der Waals surface area (Å²) in [6.07, 6.45) is 1.68. The van der Waals surface area contributed by atoms with Crippen LogP contribution >= 0.6 is 0 Å². The third kappa shape index (κ3) is 6.23. The number of hydrogen-bond donors (Lipinski definition) is 1. The molecule has 1 aliphatic rings. The minimum Gasteiger partial charge on any atom is -0.480 e. The van der Waals surface area contributed by atoms with E-state index in [1.54, 1.807) is 16.8 Å². The standard InChI is InChI=1S/C14H26N2O4/c1-14(2,3)20-13(19)16-7-5-6-11(9-16)8-15(4)10-12(17)18/h11H,5-10H2,1-4H3,(H,17,18). The molecule has 1 fully saturated rings. The van der Waals surface area contributed by atoms with Crippen molar-refractivity contribution >= 4 is 12.1 Å². The Morgan fingerprint density at radius 1 is 1.40 bits per heavy atom. The Balaban J connectivity index is 2.46. The van der Waals surface area contributed by atoms with E-state index in [0.717, 1.165) is 12.8 Å². The van der Waals surface area contributed by atoms with E-state index >= 15 is 0 Å². The van der Waals surface area contributed by atoms with Crippen molar-refractivity contribution in [3.8, 4) is 0 Å². The molecule has 6 heteroatoms. The molecule has 0 aromatic heterocycles. The first-order valence-electron chi connectivity index (χ1n) is 7.05. The molecular formula is C14H26N2O4. The van der Waals surface area contributed by atoms with Crippen molar-refractivity contribution in [3.63, 3.8) is 0 Å². The number of carbonyl (C=O) groups excluding carboxylic acids is 1. The van der Waals surface area contributed by atoms with E-state index in [1.807, 2.05) is 20.8 Å². The number of ether oxygens (including phenoxy) is 1. The van der Waals surface area contributed by atoms with Gasteiger partial charge < -0.3 is 14.7 Å². The van der Waals surface area contributed by atoms with Gasteiger partial charge in [0.05, 0.1) is 6.54 Å². The number of nitrogens with zero attached hydrogens (tertiary/aromatic N) is 2. The van der Waals surface area contributed by atoms with Crippen LogP contribution in [0.25, 0.3) is 0 Å². The summed E-state index contributed by atoms with van der Waals surface area (Å²) < 4.78 is 5.37. The molecule has 1 unspecified atom stereocenters. The van der Waals surface area contributed by atoms with E-state index in [1.165, 1.54) is 0 Å². The van der Waals surface area contributed by atoms with E-state index < -0.39 is 11.6 Å². The second-order valence-electron chi connectivity index (χ2n) is 6.53. The molecule has 1 aliphatic heterocycles. The van der Waals surface area contributed by atoms with Gasteiger partial charge >= 0.3 is 12.1 Å². The lowest BCUT2D eigenvalue weighted by Crippen LogP contribution is -2.45. The molecule has 116 valence electrons. The van der Waals surface area contributed by atoms with Crippen LogP contribution in [0.5, 0.6) is 0 Å². The number of rotatable bonds is 4. The number of aliphatic carboxylic acids is 1. The molecule has 0 aromatic rings. The number of likely N-dealkylation sites (tertiary alicyclic amines) is 1. The average Bonchev–Trinajstić information content (AvgIpc) is 2.25. The van der Waals surface area contributed by atoms with Gasteiger partial charge in [-0.15, -0.1) is 0 Å². The predicted molar refractivity (Wildman–Crippen MR) is 75.7 cm³/mol. The molecule has 1 rings (SSSR count). The summed E-state index contributed by atoms with van der Waals surface area (Å²) in [5.41, 5.74) is -0.482. The number of carboxylic acid groups (broad SMARTS) is 1. The lowest BCUT2D eigenvalue weighted by molar-refractivity contribution is -0.138. The predicted octanol–water partition coefficient (Wildman–Crippen LogP) is 1.65. The topological polar surface area (TPSA) is 70.1 Å². The fraction of sp³-hybridized carbons (Fsp3) is 0.857. The first-order valence-corrected chi connectivity index (χ1v) is 7.05. The van der Waals surface area contributed by atoms with Crippen LogP contribution < -0.4 is 0 Å². The quantitative estimate of drug-likeness (QED) is 0.851. The van der Waals surface area contributed by atoms with E-state index in [9.17, 15) is 9.59 Å². The zero-order valence-corrected chi connectivity index (χ0v) is 12.9. The van der Waals surface area contributed by atoms with Crippen molar-refractivity contribution in [3.05, 3.63) is 0 Å². The first-order chi connectivity index (χ1) is 9.17. The number of likely N-dealkylation sites (N-methyl/N-ethyl adjacent to an activating group) is 1. The molecule has 0 radical (unpaired) electrons. The number of piperidine rings is 1. The summed E-state index contributed by atoms with van der Waals surface area (Å²) in [7, 11) is 1.79. The number of carboxylic acids is 1. The largest absolute Gasteiger partial charge is 0.480 e. The van der Waals surface area contributed by atoms with Crippen LogP contribution in [0.15, 0.2) is 0 Å². The van der Waals surface area contributed by atoms with E-state index in [4.69, 9.17) is 9.84 Å². The Morgan fingerprint density at radius 3 is 2.60 bits per heavy atom. The van der Waals surface area contributed by atoms with Crippen LogP contribution in [-0.4, -0.2) is 65.8 Å². The van der Waals surface area contributed by atoms with Gasteiger partial charge in [0.2, 0.25) is 0 Å². The van der Waals surface area contributed by atoms with Crippen molar-refractivity contribution in [1.82, 2.24) is 9.80 Å². The molecular weight excluding hydrogens is 260 g/mol. The summed E-state index contributed by atoms with van der Waals surface area (Å²) in [6, 6.07) is 0. The molecule has 0 aliphatic carbocycles. The lowest BCUT2D eigenvalue weighted by Gasteiger charge is -2.35. The summed E-state index contributed by atoms with van der Waals surface area (Å²) in [4.78, 5) is 26.2. The molecule has 0 bridgehead atoms. The maximum absolute atomic E-state index is 12.0. The monoisotopic (exact) mass is 286 g/mol. The molecule has 1 N–H and O–H groups in total. The molecule has 0 saturated carbocycles. The maximum atomic E-state index is 12.0. The fourth-order valence-corrected chi connectivity index (χ4v) is 2.44. The van der Waals surface area contributed by atoms with E-state index in [-0.39, 0.29) is 12.6 Å². The normalized spacial score (nSPS) is 20.1. The van der Waals surface area contributed by atoms with Crippen LogP contribution in [0.4, 0.5) is 4.79 Å². The Morgan fingerprint density at radius 2 is 2.05 bits per heavy atom. The van der Waals surface area contributed by atoms with Gasteiger partial charge in [-0.2, -0.15) is 0 Å². The molecule has 0 aromatic carbocycles. The van der Waals surface area contributed by atoms with Gasteiger partial charge in [-0.25, -0.2) is 4.79 Å². The molecule has 1 saturated heterocycles. The SMILES string of the molecule is CN(CC(=O)O)CC1CCCN(C(=O)OC(C)(C)C)C1. The van der Waals surface area contributed by atoms with Crippen LogP contribution in [0.1, 0.15) is 33.6 Å². The minimum atomic E-state index is -0.827. The third-order valence-electron chi connectivity index (χ3n) is 3.15. The van der Waals surface area contributed by atoms with Gasteiger partial charge in [0.25, 0.3) is 0 Å². The molecule has 1 amide bonds. The zero-order valence-electron chi connectivity index (χ0n) is 12.9. The zero-order chi connectivity index (χ0) is 15.3. The number of carbonyl (C=O) groups is 2. The smallest absolute Gasteiger partial charge is 0.410 e. The molecule has 0 spiro atoms. The summed E-state index contributed by atoms with van der Waals surface area (Å²) in [6.45, 7) is 7.63. The Labute approximate surface area is 120 Å². The highest BCUT2D eigenvalue weighted by molar-refractivity contribution is 5.69. The van der Waals surface area contributed by atoms with Crippen molar-refractivity contribution in [2.75, 3.05) is 33.2 Å². The molecule has 6 nitrogen and oxygen atoms in total. The lowest BCUT2D eigenvalue weighted by atomic mass is 9.98. The molecule has 1 atom stereocenters. The average molecular weight is 286 g/mol. The van der Waals surface area contributed by atoms with Crippen LogP contribution in [0.2, 0.25) is 0 Å². The van der Waals surface area contributed by atoms with Gasteiger partial charge in [0.1, 0.15) is 5.60 Å². The van der Waals surface area contributed by atoms with Crippen molar-refractivity contribution in [1.29, 1.82) is 0 Å². The summed E-state index contributed by atoms with van der Waals surface area (Å²) in [5.74, 6) is -0.520. The van der Waals surface area contributed by atoms with E-state index in [2.05, 4.69) is 0 Å². The highest BCUT2D eigenvalue weighted by atomic mass is 16.6. The van der Waals surface area contributed by atoms with Crippen LogP contribution in [0, 0.1) is 5.92 Å². The van der Waals surface area contributed by atoms with Crippen molar-refractivity contribution < 1.29 is 19.4 Å². The second kappa shape index (κ2) is 6.92. The number of amides is 1. The Bertz CT molecular complexity index is 352. The second-order valence-corrected chi connectivity index (χ2v) is 6.53. The maximum Gasteiger partial charge on any atom is 0.410 e. The Hall–Kier alpha value is -1.30. The number of hydrogen-bond acceptors (Lipinski definition) is 4. The third-order valence-corrected chi connectivity index (χ3v) is 3.15.